The molecule has 0 aromatic rings. The summed E-state index contributed by atoms with van der Waals surface area (Å²) in [6, 6.07) is 0. The lowest BCUT2D eigenvalue weighted by molar-refractivity contribution is -0.161. The van der Waals surface area contributed by atoms with Gasteiger partial charge >= 0.3 is 5.97 Å². The molecule has 11 atom stereocenters. The Labute approximate surface area is 390 Å². The van der Waals surface area contributed by atoms with Crippen LogP contribution in [0, 0.1) is 35.5 Å². The third kappa shape index (κ3) is 15.4. The van der Waals surface area contributed by atoms with Gasteiger partial charge in [-0.15, -0.1) is 23.5 Å². The summed E-state index contributed by atoms with van der Waals surface area (Å²) in [4.78, 5) is 14.1. The highest BCUT2D eigenvalue weighted by atomic mass is 32.2. The number of esters is 1. The molecule has 2 aliphatic rings. The van der Waals surface area contributed by atoms with Gasteiger partial charge in [-0.05, 0) is 98.8 Å². The maximum absolute atomic E-state index is 14.1. The van der Waals surface area contributed by atoms with Gasteiger partial charge in [0.15, 0.2) is 16.6 Å². The molecule has 1 fully saturated rings. The van der Waals surface area contributed by atoms with Gasteiger partial charge in [0.1, 0.15) is 12.2 Å². The van der Waals surface area contributed by atoms with Crippen molar-refractivity contribution in [3.63, 3.8) is 0 Å². The van der Waals surface area contributed by atoms with Gasteiger partial charge in [0.2, 0.25) is 5.76 Å². The molecule has 0 amide bonds. The zero-order chi connectivity index (χ0) is 47.8. The van der Waals surface area contributed by atoms with E-state index in [4.69, 9.17) is 23.1 Å². The average molecular weight is 942 g/mol. The van der Waals surface area contributed by atoms with Crippen LogP contribution in [0.15, 0.2) is 47.3 Å². The Balaban J connectivity index is 2.75. The van der Waals surface area contributed by atoms with Crippen LogP contribution < -0.4 is 0 Å². The predicted octanol–water partition coefficient (Wildman–Crippen LogP) is 12.6. The molecule has 62 heavy (non-hydrogen) atoms. The molecule has 0 aromatic heterocycles. The molecule has 0 bridgehead atoms. The Kier molecular flexibility index (Phi) is 21.9. The highest BCUT2D eigenvalue weighted by Crippen LogP contribution is 2.55. The van der Waals surface area contributed by atoms with Gasteiger partial charge in [-0.3, -0.25) is 0 Å². The molecule has 0 radical (unpaired) electrons. The first-order chi connectivity index (χ1) is 28.4. The van der Waals surface area contributed by atoms with Crippen LogP contribution in [-0.4, -0.2) is 99.2 Å². The van der Waals surface area contributed by atoms with E-state index in [1.54, 1.807) is 13.2 Å². The van der Waals surface area contributed by atoms with Crippen LogP contribution in [0.25, 0.3) is 0 Å². The third-order valence-corrected chi connectivity index (χ3v) is 27.3. The second kappa shape index (κ2) is 23.8. The molecule has 360 valence electrons. The van der Waals surface area contributed by atoms with Gasteiger partial charge in [-0.1, -0.05) is 125 Å². The van der Waals surface area contributed by atoms with Crippen molar-refractivity contribution in [3.05, 3.63) is 47.3 Å². The van der Waals surface area contributed by atoms with E-state index in [9.17, 15) is 15.0 Å². The standard InChI is InChI=1S/C50H92O8S2Si2/c1-32(2)45(58-62(20,21)49(13,14)15)37(7)42(57-61(18,19)48(10,11)12)31-50(59-26-23-27-60-50)39(9)44(52)38(8)46-40(54-16)25-22-24-33(3)28-35(5)43(51)36(6)29-34(4)30-41(55-17)47(53)56-46/h22,24-25,29-30,32,35-40,42-46,51-52H,23,26-28,31H2,1-21H3/b25-22+,33-24+,34-29+,41-30-/t35-,36+,37-,38-,39-,40-,42+,43-,44+,45+,46+/m0/s1. The molecule has 0 spiro atoms. The molecular formula is C50H92O8S2Si2. The number of rotatable bonds is 15. The Morgan fingerprint density at radius 1 is 0.919 bits per heavy atom. The lowest BCUT2D eigenvalue weighted by atomic mass is 9.81. The summed E-state index contributed by atoms with van der Waals surface area (Å²) < 4.78 is 32.6. The maximum Gasteiger partial charge on any atom is 0.373 e. The summed E-state index contributed by atoms with van der Waals surface area (Å²) >= 11 is 3.92. The third-order valence-electron chi connectivity index (χ3n) is 14.6. The van der Waals surface area contributed by atoms with Crippen molar-refractivity contribution in [3.8, 4) is 0 Å². The van der Waals surface area contributed by atoms with Gasteiger partial charge < -0.3 is 33.3 Å². The number of cyclic esters (lactones) is 1. The molecule has 0 saturated carbocycles. The Hall–Kier alpha value is -0.836. The molecule has 2 N–H and O–H groups in total. The number of ether oxygens (including phenoxy) is 3. The van der Waals surface area contributed by atoms with E-state index in [0.29, 0.717) is 0 Å². The Bertz CT molecular complexity index is 1540. The number of hydrogen-bond donors (Lipinski definition) is 2. The van der Waals surface area contributed by atoms with E-state index in [-0.39, 0.29) is 61.7 Å². The van der Waals surface area contributed by atoms with E-state index >= 15 is 0 Å². The number of allylic oxidation sites excluding steroid dienone is 5. The molecule has 2 aliphatic heterocycles. The molecular weight excluding hydrogens is 849 g/mol. The lowest BCUT2D eigenvalue weighted by Crippen LogP contribution is -2.54. The second-order valence-electron chi connectivity index (χ2n) is 22.2. The quantitative estimate of drug-likeness (QED) is 0.122. The monoisotopic (exact) mass is 941 g/mol. The molecule has 2 heterocycles. The summed E-state index contributed by atoms with van der Waals surface area (Å²) in [6.45, 7) is 42.3. The second-order valence-corrected chi connectivity index (χ2v) is 34.8. The number of hydrogen-bond acceptors (Lipinski definition) is 10. The Morgan fingerprint density at radius 3 is 1.97 bits per heavy atom. The number of thioether (sulfide) groups is 2. The zero-order valence-electron chi connectivity index (χ0n) is 43.0. The van der Waals surface area contributed by atoms with Gasteiger partial charge in [0.25, 0.3) is 0 Å². The van der Waals surface area contributed by atoms with Crippen LogP contribution in [0.2, 0.25) is 36.3 Å². The van der Waals surface area contributed by atoms with E-state index in [1.165, 1.54) is 7.11 Å². The minimum Gasteiger partial charge on any atom is -0.490 e. The minimum atomic E-state index is -2.27. The molecule has 1 saturated heterocycles. The van der Waals surface area contributed by atoms with Crippen molar-refractivity contribution < 1.29 is 38.1 Å². The molecule has 0 unspecified atom stereocenters. The van der Waals surface area contributed by atoms with E-state index in [2.05, 4.69) is 109 Å². The molecule has 0 aromatic carbocycles. The van der Waals surface area contributed by atoms with Crippen molar-refractivity contribution in [2.24, 2.45) is 35.5 Å². The molecule has 12 heteroatoms. The number of carbonyl (C=O) groups excluding carboxylic acids is 1. The summed E-state index contributed by atoms with van der Waals surface area (Å²) in [5, 5.41) is 24.0. The normalized spacial score (nSPS) is 30.3. The van der Waals surface area contributed by atoms with Crippen LogP contribution in [0.4, 0.5) is 0 Å². The fraction of sp³-hybridized carbons (Fsp3) is 0.820. The van der Waals surface area contributed by atoms with Crippen molar-refractivity contribution in [1.29, 1.82) is 0 Å². The van der Waals surface area contributed by atoms with E-state index < -0.39 is 52.9 Å². The minimum absolute atomic E-state index is 0.00296. The molecule has 2 rings (SSSR count). The molecule has 8 nitrogen and oxygen atoms in total. The van der Waals surface area contributed by atoms with Crippen LogP contribution in [0.1, 0.15) is 123 Å². The number of aliphatic hydroxyl groups excluding tert-OH is 2. The zero-order valence-corrected chi connectivity index (χ0v) is 46.6. The van der Waals surface area contributed by atoms with Crippen molar-refractivity contribution >= 4 is 46.1 Å². The van der Waals surface area contributed by atoms with Crippen molar-refractivity contribution in [2.75, 3.05) is 25.7 Å². The summed E-state index contributed by atoms with van der Waals surface area (Å²) in [6.07, 6.45) is 9.03. The van der Waals surface area contributed by atoms with Crippen molar-refractivity contribution in [1.82, 2.24) is 0 Å². The van der Waals surface area contributed by atoms with Crippen LogP contribution in [0.5, 0.6) is 0 Å². The number of methoxy groups -OCH3 is 2. The highest BCUT2D eigenvalue weighted by molar-refractivity contribution is 8.18. The van der Waals surface area contributed by atoms with Crippen LogP contribution >= 0.6 is 23.5 Å². The maximum atomic E-state index is 14.1. The predicted molar refractivity (Wildman–Crippen MR) is 271 cm³/mol. The molecule has 0 aliphatic carbocycles. The van der Waals surface area contributed by atoms with Crippen molar-refractivity contribution in [2.45, 2.75) is 200 Å². The number of aliphatic hydroxyl groups is 2. The van der Waals surface area contributed by atoms with Crippen LogP contribution in [0.3, 0.4) is 0 Å². The SMILES string of the molecule is CO/C1=C\C(C)=C\[C@@H](C)[C@@H](O)[C@@H](C)C/C(C)=C/C=C/[C@H](OC)[C@@H]([C@@H](C)[C@@H](O)[C@H](C)C2(C[C@@H](O[Si](C)(C)C(C)(C)C)[C@H](C)[C@H](O[Si](C)(C)C(C)(C)C)C(C)C)SCCCS2)OC1=O. The topological polar surface area (TPSA) is 104 Å². The van der Waals surface area contributed by atoms with Crippen LogP contribution in [-0.2, 0) is 27.9 Å². The largest absolute Gasteiger partial charge is 0.490 e. The van der Waals surface area contributed by atoms with Gasteiger partial charge in [0.05, 0.1) is 35.6 Å². The van der Waals surface area contributed by atoms with Gasteiger partial charge in [-0.25, -0.2) is 4.79 Å². The lowest BCUT2D eigenvalue weighted by Gasteiger charge is -2.51. The Morgan fingerprint density at radius 2 is 1.47 bits per heavy atom. The van der Waals surface area contributed by atoms with Gasteiger partial charge in [0, 0.05) is 30.8 Å². The smallest absolute Gasteiger partial charge is 0.373 e. The summed E-state index contributed by atoms with van der Waals surface area (Å²) in [5.41, 5.74) is 1.90. The first-order valence-electron chi connectivity index (χ1n) is 23.4. The van der Waals surface area contributed by atoms with E-state index in [1.807, 2.05) is 68.6 Å². The first-order valence-corrected chi connectivity index (χ1v) is 31.2. The average Bonchev–Trinajstić information content (AvgIpc) is 3.16. The van der Waals surface area contributed by atoms with E-state index in [0.717, 1.165) is 41.9 Å². The summed E-state index contributed by atoms with van der Waals surface area (Å²) in [5.74, 6) is 0.898. The summed E-state index contributed by atoms with van der Waals surface area (Å²) in [7, 11) is -1.33. The first kappa shape index (κ1) is 57.3. The highest BCUT2D eigenvalue weighted by Gasteiger charge is 2.52. The fourth-order valence-electron chi connectivity index (χ4n) is 8.31. The van der Waals surface area contributed by atoms with Gasteiger partial charge in [-0.2, -0.15) is 0 Å². The fourth-order valence-corrected chi connectivity index (χ4v) is 14.9. The number of carbonyl (C=O) groups is 1.